The first-order valence-corrected chi connectivity index (χ1v) is 10.1. The predicted octanol–water partition coefficient (Wildman–Crippen LogP) is 2.10. The number of fused-ring (bicyclic) bond motifs is 3. The molecule has 5 atom stereocenters. The lowest BCUT2D eigenvalue weighted by Crippen LogP contribution is -2.34. The minimum atomic E-state index is -0.625. The summed E-state index contributed by atoms with van der Waals surface area (Å²) >= 11 is 0. The van der Waals surface area contributed by atoms with Crippen LogP contribution in [0, 0.1) is 5.82 Å². The molecule has 0 spiro atoms. The van der Waals surface area contributed by atoms with Gasteiger partial charge in [-0.3, -0.25) is 0 Å². The van der Waals surface area contributed by atoms with Crippen LogP contribution in [0.15, 0.2) is 30.3 Å². The van der Waals surface area contributed by atoms with E-state index in [0.29, 0.717) is 24.1 Å². The number of aromatic amines is 1. The molecule has 2 aliphatic heterocycles. The SMILES string of the molecule is O[C@@H]1CO[C@H]2C1OC[C@H]2Oc1nc2nc(NC3CCc4cccc(F)c43)ccc2[nH]1. The third-order valence-electron chi connectivity index (χ3n) is 6.09. The van der Waals surface area contributed by atoms with Crippen molar-refractivity contribution in [2.45, 2.75) is 43.3 Å². The summed E-state index contributed by atoms with van der Waals surface area (Å²) in [6.45, 7) is 0.577. The number of aryl methyl sites for hydroxylation is 1. The Kier molecular flexibility index (Phi) is 4.15. The first-order valence-electron chi connectivity index (χ1n) is 10.1. The Morgan fingerprint density at radius 2 is 2.03 bits per heavy atom. The second-order valence-corrected chi connectivity index (χ2v) is 7.98. The zero-order valence-electron chi connectivity index (χ0n) is 16.0. The van der Waals surface area contributed by atoms with Crippen LogP contribution in [-0.2, 0) is 15.9 Å². The van der Waals surface area contributed by atoms with Crippen LogP contribution >= 0.6 is 0 Å². The largest absolute Gasteiger partial charge is 0.456 e. The highest BCUT2D eigenvalue weighted by molar-refractivity contribution is 5.73. The number of anilines is 1. The van der Waals surface area contributed by atoms with E-state index in [-0.39, 0.29) is 36.8 Å². The van der Waals surface area contributed by atoms with E-state index in [1.165, 1.54) is 6.07 Å². The molecule has 0 saturated carbocycles. The fourth-order valence-corrected chi connectivity index (χ4v) is 4.65. The van der Waals surface area contributed by atoms with Gasteiger partial charge in [0, 0.05) is 5.56 Å². The summed E-state index contributed by atoms with van der Waals surface area (Å²) in [6, 6.07) is 9.14. The topological polar surface area (TPSA) is 102 Å². The number of H-pyrrole nitrogens is 1. The molecule has 3 N–H and O–H groups in total. The molecule has 8 nitrogen and oxygen atoms in total. The number of pyridine rings is 1. The fraction of sp³-hybridized carbons (Fsp3) is 0.429. The van der Waals surface area contributed by atoms with Gasteiger partial charge in [0.05, 0.1) is 24.8 Å². The number of aliphatic hydroxyl groups is 1. The zero-order valence-corrected chi connectivity index (χ0v) is 16.0. The Morgan fingerprint density at radius 3 is 2.97 bits per heavy atom. The highest BCUT2D eigenvalue weighted by Crippen LogP contribution is 2.35. The maximum atomic E-state index is 14.3. The van der Waals surface area contributed by atoms with Gasteiger partial charge in [-0.25, -0.2) is 9.37 Å². The molecule has 4 heterocycles. The summed E-state index contributed by atoms with van der Waals surface area (Å²) in [5, 5.41) is 13.2. The van der Waals surface area contributed by atoms with Crippen molar-refractivity contribution >= 4 is 17.0 Å². The molecule has 3 aromatic rings. The van der Waals surface area contributed by atoms with Gasteiger partial charge in [0.2, 0.25) is 0 Å². The van der Waals surface area contributed by atoms with Crippen molar-refractivity contribution in [3.63, 3.8) is 0 Å². The highest BCUT2D eigenvalue weighted by atomic mass is 19.1. The monoisotopic (exact) mass is 412 g/mol. The van der Waals surface area contributed by atoms with E-state index in [1.54, 1.807) is 6.07 Å². The summed E-state index contributed by atoms with van der Waals surface area (Å²) in [6.07, 6.45) is 0.0265. The molecule has 6 rings (SSSR count). The molecule has 9 heteroatoms. The first kappa shape index (κ1) is 18.1. The first-order chi connectivity index (χ1) is 14.7. The van der Waals surface area contributed by atoms with Crippen LogP contribution in [0.3, 0.4) is 0 Å². The number of nitrogens with zero attached hydrogens (tertiary/aromatic N) is 2. The quantitative estimate of drug-likeness (QED) is 0.603. The van der Waals surface area contributed by atoms with Gasteiger partial charge in [0.15, 0.2) is 11.8 Å². The summed E-state index contributed by atoms with van der Waals surface area (Å²) < 4.78 is 31.4. The van der Waals surface area contributed by atoms with Gasteiger partial charge >= 0.3 is 0 Å². The maximum Gasteiger partial charge on any atom is 0.296 e. The molecule has 0 amide bonds. The molecule has 0 radical (unpaired) electrons. The Hall–Kier alpha value is -2.75. The van der Waals surface area contributed by atoms with Crippen LogP contribution in [0.2, 0.25) is 0 Å². The number of halogens is 1. The Bertz CT molecular complexity index is 1110. The number of ether oxygens (including phenoxy) is 3. The standard InChI is InChI=1S/C21H21FN4O4/c22-11-3-1-2-10-4-5-12(17(10)11)23-16-7-6-13-20(25-16)26-21(24-13)30-15-9-29-18-14(27)8-28-19(15)18/h1-3,6-7,12,14-15,18-19,27H,4-5,8-9H2,(H2,23,24,25,26)/t12?,14-,15-,18?,19-/m1/s1. The molecule has 0 bridgehead atoms. The van der Waals surface area contributed by atoms with Crippen molar-refractivity contribution < 1.29 is 23.7 Å². The van der Waals surface area contributed by atoms with E-state index in [9.17, 15) is 9.50 Å². The molecule has 1 aromatic carbocycles. The molecular formula is C21H21FN4O4. The molecular weight excluding hydrogens is 391 g/mol. The van der Waals surface area contributed by atoms with E-state index in [0.717, 1.165) is 29.5 Å². The second-order valence-electron chi connectivity index (χ2n) is 7.98. The number of aliphatic hydroxyl groups excluding tert-OH is 1. The van der Waals surface area contributed by atoms with Gasteiger partial charge in [0.1, 0.15) is 29.9 Å². The van der Waals surface area contributed by atoms with Gasteiger partial charge in [0.25, 0.3) is 6.01 Å². The van der Waals surface area contributed by atoms with Crippen molar-refractivity contribution in [3.8, 4) is 6.01 Å². The fourth-order valence-electron chi connectivity index (χ4n) is 4.65. The van der Waals surface area contributed by atoms with Crippen LogP contribution < -0.4 is 10.1 Å². The third-order valence-corrected chi connectivity index (χ3v) is 6.09. The summed E-state index contributed by atoms with van der Waals surface area (Å²) in [7, 11) is 0. The summed E-state index contributed by atoms with van der Waals surface area (Å²) in [4.78, 5) is 12.1. The van der Waals surface area contributed by atoms with Crippen molar-refractivity contribution in [3.05, 3.63) is 47.3 Å². The van der Waals surface area contributed by atoms with E-state index in [1.807, 2.05) is 18.2 Å². The molecule has 156 valence electrons. The van der Waals surface area contributed by atoms with Gasteiger partial charge < -0.3 is 29.6 Å². The van der Waals surface area contributed by atoms with E-state index in [2.05, 4.69) is 20.3 Å². The number of rotatable bonds is 4. The minimum Gasteiger partial charge on any atom is -0.456 e. The smallest absolute Gasteiger partial charge is 0.296 e. The lowest BCUT2D eigenvalue weighted by Gasteiger charge is -2.15. The molecule has 30 heavy (non-hydrogen) atoms. The molecule has 2 aromatic heterocycles. The van der Waals surface area contributed by atoms with E-state index in [4.69, 9.17) is 14.2 Å². The van der Waals surface area contributed by atoms with E-state index < -0.39 is 6.10 Å². The number of hydrogen-bond acceptors (Lipinski definition) is 7. The van der Waals surface area contributed by atoms with Crippen LogP contribution in [0.4, 0.5) is 10.2 Å². The highest BCUT2D eigenvalue weighted by Gasteiger charge is 2.48. The average molecular weight is 412 g/mol. The van der Waals surface area contributed by atoms with Gasteiger partial charge in [-0.1, -0.05) is 12.1 Å². The molecule has 1 aliphatic carbocycles. The molecule has 2 saturated heterocycles. The summed E-state index contributed by atoms with van der Waals surface area (Å²) in [5.74, 6) is 0.448. The van der Waals surface area contributed by atoms with E-state index >= 15 is 0 Å². The van der Waals surface area contributed by atoms with Crippen LogP contribution in [0.25, 0.3) is 11.2 Å². The number of nitrogens with one attached hydrogen (secondary N) is 2. The van der Waals surface area contributed by atoms with Gasteiger partial charge in [-0.05, 0) is 36.6 Å². The molecule has 3 aliphatic rings. The van der Waals surface area contributed by atoms with Crippen molar-refractivity contribution in [2.75, 3.05) is 18.5 Å². The predicted molar refractivity (Wildman–Crippen MR) is 105 cm³/mol. The lowest BCUT2D eigenvalue weighted by atomic mass is 10.1. The lowest BCUT2D eigenvalue weighted by molar-refractivity contribution is 0.00706. The normalized spacial score (nSPS) is 29.9. The number of imidazole rings is 1. The maximum absolute atomic E-state index is 14.3. The second kappa shape index (κ2) is 6.90. The molecule has 2 fully saturated rings. The summed E-state index contributed by atoms with van der Waals surface area (Å²) in [5.41, 5.74) is 3.00. The van der Waals surface area contributed by atoms with Crippen molar-refractivity contribution in [1.82, 2.24) is 15.0 Å². The Labute approximate surface area is 171 Å². The third kappa shape index (κ3) is 2.92. The van der Waals surface area contributed by atoms with Crippen molar-refractivity contribution in [1.29, 1.82) is 0 Å². The van der Waals surface area contributed by atoms with Crippen LogP contribution in [0.1, 0.15) is 23.6 Å². The Morgan fingerprint density at radius 1 is 1.13 bits per heavy atom. The number of hydrogen-bond donors (Lipinski definition) is 3. The zero-order chi connectivity index (χ0) is 20.2. The van der Waals surface area contributed by atoms with Crippen molar-refractivity contribution in [2.24, 2.45) is 0 Å². The van der Waals surface area contributed by atoms with Gasteiger partial charge in [-0.15, -0.1) is 0 Å². The van der Waals surface area contributed by atoms with Crippen LogP contribution in [-0.4, -0.2) is 57.7 Å². The van der Waals surface area contributed by atoms with Gasteiger partial charge in [-0.2, -0.15) is 4.98 Å². The number of benzene rings is 1. The van der Waals surface area contributed by atoms with Crippen LogP contribution in [0.5, 0.6) is 6.01 Å². The minimum absolute atomic E-state index is 0.112. The molecule has 2 unspecified atom stereocenters. The average Bonchev–Trinajstić information content (AvgIpc) is 3.49. The Balaban J connectivity index is 1.20. The number of aromatic nitrogens is 3.